The van der Waals surface area contributed by atoms with Crippen LogP contribution in [0.3, 0.4) is 0 Å². The molecule has 0 amide bonds. The second-order valence-electron chi connectivity index (χ2n) is 7.23. The molecule has 0 bridgehead atoms. The first-order chi connectivity index (χ1) is 10.8. The Labute approximate surface area is 140 Å². The summed E-state index contributed by atoms with van der Waals surface area (Å²) in [5.74, 6) is 0.525. The normalized spacial score (nSPS) is 23.5. The summed E-state index contributed by atoms with van der Waals surface area (Å²) in [6, 6.07) is 0. The lowest BCUT2D eigenvalue weighted by atomic mass is 9.79. The molecule has 0 spiro atoms. The standard InChI is InChI=1S/C19H32O4/c1-6-14(3)15-8-10-16(11-9-15)22-17(20)12-13-18(21)23-19(4,5)7-2/h12-16H,6-11H2,1-5H3/b13-12+. The van der Waals surface area contributed by atoms with Crippen LogP contribution < -0.4 is 0 Å². The van der Waals surface area contributed by atoms with Crippen molar-refractivity contribution in [2.45, 2.75) is 84.8 Å². The first kappa shape index (κ1) is 19.7. The van der Waals surface area contributed by atoms with Crippen molar-refractivity contribution < 1.29 is 19.1 Å². The zero-order chi connectivity index (χ0) is 17.5. The zero-order valence-corrected chi connectivity index (χ0v) is 15.3. The van der Waals surface area contributed by atoms with E-state index in [1.807, 2.05) is 20.8 Å². The molecule has 0 N–H and O–H groups in total. The van der Waals surface area contributed by atoms with E-state index in [0.717, 1.165) is 50.0 Å². The van der Waals surface area contributed by atoms with Crippen molar-refractivity contribution in [1.29, 1.82) is 0 Å². The van der Waals surface area contributed by atoms with Crippen molar-refractivity contribution in [1.82, 2.24) is 0 Å². The molecule has 0 radical (unpaired) electrons. The minimum atomic E-state index is -0.514. The third-order valence-corrected chi connectivity index (χ3v) is 5.03. The molecule has 0 saturated heterocycles. The Balaban J connectivity index is 2.35. The molecule has 1 aliphatic rings. The van der Waals surface area contributed by atoms with Gasteiger partial charge in [0.05, 0.1) is 0 Å². The van der Waals surface area contributed by atoms with Gasteiger partial charge in [-0.1, -0.05) is 27.2 Å². The van der Waals surface area contributed by atoms with Crippen LogP contribution in [0.25, 0.3) is 0 Å². The van der Waals surface area contributed by atoms with Gasteiger partial charge in [0.15, 0.2) is 0 Å². The zero-order valence-electron chi connectivity index (χ0n) is 15.3. The van der Waals surface area contributed by atoms with E-state index in [1.54, 1.807) is 0 Å². The topological polar surface area (TPSA) is 52.6 Å². The number of hydrogen-bond acceptors (Lipinski definition) is 4. The van der Waals surface area contributed by atoms with Crippen molar-refractivity contribution >= 4 is 11.9 Å². The fourth-order valence-electron chi connectivity index (χ4n) is 2.83. The molecule has 1 saturated carbocycles. The van der Waals surface area contributed by atoms with Gasteiger partial charge in [0.1, 0.15) is 11.7 Å². The van der Waals surface area contributed by atoms with Gasteiger partial charge >= 0.3 is 11.9 Å². The molecule has 0 aromatic heterocycles. The Hall–Kier alpha value is -1.32. The molecule has 4 heteroatoms. The molecule has 1 aliphatic carbocycles. The van der Waals surface area contributed by atoms with E-state index in [1.165, 1.54) is 12.5 Å². The summed E-state index contributed by atoms with van der Waals surface area (Å²) >= 11 is 0. The number of carbonyl (C=O) groups is 2. The van der Waals surface area contributed by atoms with Crippen molar-refractivity contribution in [3.63, 3.8) is 0 Å². The maximum Gasteiger partial charge on any atom is 0.331 e. The van der Waals surface area contributed by atoms with Crippen molar-refractivity contribution in [3.8, 4) is 0 Å². The predicted molar refractivity (Wildman–Crippen MR) is 90.9 cm³/mol. The lowest BCUT2D eigenvalue weighted by Crippen LogP contribution is -2.27. The van der Waals surface area contributed by atoms with Gasteiger partial charge in [-0.05, 0) is 57.8 Å². The van der Waals surface area contributed by atoms with E-state index in [2.05, 4.69) is 13.8 Å². The summed E-state index contributed by atoms with van der Waals surface area (Å²) < 4.78 is 10.7. The second-order valence-corrected chi connectivity index (χ2v) is 7.23. The number of hydrogen-bond donors (Lipinski definition) is 0. The summed E-state index contributed by atoms with van der Waals surface area (Å²) in [5, 5.41) is 0. The monoisotopic (exact) mass is 324 g/mol. The Kier molecular flexibility index (Phi) is 7.80. The molecule has 132 valence electrons. The molecule has 23 heavy (non-hydrogen) atoms. The van der Waals surface area contributed by atoms with Gasteiger partial charge in [-0.15, -0.1) is 0 Å². The van der Waals surface area contributed by atoms with Crippen molar-refractivity contribution in [3.05, 3.63) is 12.2 Å². The Morgan fingerprint density at radius 1 is 1.09 bits per heavy atom. The van der Waals surface area contributed by atoms with E-state index in [-0.39, 0.29) is 6.10 Å². The Bertz CT molecular complexity index is 417. The highest BCUT2D eigenvalue weighted by atomic mass is 16.6. The lowest BCUT2D eigenvalue weighted by Gasteiger charge is -2.31. The van der Waals surface area contributed by atoms with E-state index in [0.29, 0.717) is 0 Å². The fourth-order valence-corrected chi connectivity index (χ4v) is 2.83. The van der Waals surface area contributed by atoms with Gasteiger partial charge in [-0.2, -0.15) is 0 Å². The van der Waals surface area contributed by atoms with Gasteiger partial charge in [0, 0.05) is 12.2 Å². The van der Waals surface area contributed by atoms with Gasteiger partial charge in [-0.25, -0.2) is 9.59 Å². The van der Waals surface area contributed by atoms with Crippen LogP contribution in [0.5, 0.6) is 0 Å². The van der Waals surface area contributed by atoms with Crippen molar-refractivity contribution in [2.24, 2.45) is 11.8 Å². The molecule has 4 nitrogen and oxygen atoms in total. The van der Waals surface area contributed by atoms with Gasteiger partial charge in [0.2, 0.25) is 0 Å². The van der Waals surface area contributed by atoms with Crippen LogP contribution in [0.4, 0.5) is 0 Å². The fraction of sp³-hybridized carbons (Fsp3) is 0.789. The Morgan fingerprint density at radius 3 is 2.17 bits per heavy atom. The first-order valence-corrected chi connectivity index (χ1v) is 8.89. The summed E-state index contributed by atoms with van der Waals surface area (Å²) in [4.78, 5) is 23.5. The molecular formula is C19H32O4. The van der Waals surface area contributed by atoms with Crippen LogP contribution in [0, 0.1) is 11.8 Å². The summed E-state index contributed by atoms with van der Waals surface area (Å²) in [6.07, 6.45) is 8.30. The third kappa shape index (κ3) is 7.19. The molecule has 1 rings (SSSR count). The minimum Gasteiger partial charge on any atom is -0.459 e. The largest absolute Gasteiger partial charge is 0.459 e. The van der Waals surface area contributed by atoms with E-state index < -0.39 is 17.5 Å². The third-order valence-electron chi connectivity index (χ3n) is 5.03. The summed E-state index contributed by atoms with van der Waals surface area (Å²) in [5.41, 5.74) is -0.514. The van der Waals surface area contributed by atoms with Crippen LogP contribution in [-0.4, -0.2) is 23.6 Å². The second kappa shape index (κ2) is 9.09. The summed E-state index contributed by atoms with van der Waals surface area (Å²) in [7, 11) is 0. The predicted octanol–water partition coefficient (Wildman–Crippen LogP) is 4.42. The van der Waals surface area contributed by atoms with Gasteiger partial charge in [-0.3, -0.25) is 0 Å². The number of esters is 2. The minimum absolute atomic E-state index is 0.0180. The maximum absolute atomic E-state index is 11.8. The molecule has 1 fully saturated rings. The van der Waals surface area contributed by atoms with Crippen LogP contribution >= 0.6 is 0 Å². The number of rotatable bonds is 7. The van der Waals surface area contributed by atoms with Crippen molar-refractivity contribution in [2.75, 3.05) is 0 Å². The van der Waals surface area contributed by atoms with Crippen LogP contribution in [0.15, 0.2) is 12.2 Å². The molecule has 0 aromatic carbocycles. The maximum atomic E-state index is 11.8. The highest BCUT2D eigenvalue weighted by molar-refractivity contribution is 5.91. The smallest absolute Gasteiger partial charge is 0.331 e. The first-order valence-electron chi connectivity index (χ1n) is 8.89. The summed E-state index contributed by atoms with van der Waals surface area (Å²) in [6.45, 7) is 10.1. The highest BCUT2D eigenvalue weighted by Crippen LogP contribution is 2.32. The molecule has 0 heterocycles. The van der Waals surface area contributed by atoms with Gasteiger partial charge < -0.3 is 9.47 Å². The van der Waals surface area contributed by atoms with Crippen LogP contribution in [0.1, 0.15) is 73.1 Å². The van der Waals surface area contributed by atoms with E-state index in [4.69, 9.17) is 9.47 Å². The van der Waals surface area contributed by atoms with E-state index in [9.17, 15) is 9.59 Å². The molecule has 0 aromatic rings. The van der Waals surface area contributed by atoms with E-state index >= 15 is 0 Å². The van der Waals surface area contributed by atoms with Gasteiger partial charge in [0.25, 0.3) is 0 Å². The number of carbonyl (C=O) groups excluding carboxylic acids is 2. The molecular weight excluding hydrogens is 292 g/mol. The number of ether oxygens (including phenoxy) is 2. The lowest BCUT2D eigenvalue weighted by molar-refractivity contribution is -0.151. The van der Waals surface area contributed by atoms with Crippen LogP contribution in [-0.2, 0) is 19.1 Å². The molecule has 0 aliphatic heterocycles. The molecule has 1 unspecified atom stereocenters. The SMILES string of the molecule is CCC(C)C1CCC(OC(=O)/C=C/C(=O)OC(C)(C)CC)CC1. The Morgan fingerprint density at radius 2 is 1.65 bits per heavy atom. The quantitative estimate of drug-likeness (QED) is 0.514. The average Bonchev–Trinajstić information content (AvgIpc) is 2.52. The molecule has 1 atom stereocenters. The van der Waals surface area contributed by atoms with Crippen LogP contribution in [0.2, 0.25) is 0 Å². The highest BCUT2D eigenvalue weighted by Gasteiger charge is 2.26. The average molecular weight is 324 g/mol.